The summed E-state index contributed by atoms with van der Waals surface area (Å²) >= 11 is 3.36. The van der Waals surface area contributed by atoms with E-state index >= 15 is 0 Å². The number of rotatable bonds is 1. The van der Waals surface area contributed by atoms with Gasteiger partial charge in [0, 0.05) is 35.5 Å². The van der Waals surface area contributed by atoms with Crippen LogP contribution in [-0.4, -0.2) is 35.6 Å². The maximum atomic E-state index is 13.6. The zero-order valence-electron chi connectivity index (χ0n) is 10.5. The van der Waals surface area contributed by atoms with Crippen LogP contribution >= 0.6 is 15.9 Å². The van der Waals surface area contributed by atoms with E-state index < -0.39 is 0 Å². The molecular formula is C13H14BrFN4. The zero-order chi connectivity index (χ0) is 13.4. The average molecular weight is 325 g/mol. The van der Waals surface area contributed by atoms with Crippen molar-refractivity contribution in [2.75, 3.05) is 24.5 Å². The van der Waals surface area contributed by atoms with E-state index in [-0.39, 0.29) is 5.82 Å². The van der Waals surface area contributed by atoms with Crippen LogP contribution < -0.4 is 10.2 Å². The first-order valence-electron chi connectivity index (χ1n) is 6.23. The molecule has 1 atom stereocenters. The Hall–Kier alpha value is -1.27. The van der Waals surface area contributed by atoms with E-state index in [1.165, 1.54) is 18.5 Å². The van der Waals surface area contributed by atoms with Crippen LogP contribution in [0.4, 0.5) is 10.2 Å². The van der Waals surface area contributed by atoms with Crippen molar-refractivity contribution in [3.63, 3.8) is 0 Å². The summed E-state index contributed by atoms with van der Waals surface area (Å²) < 4.78 is 14.3. The molecule has 1 aliphatic rings. The van der Waals surface area contributed by atoms with Gasteiger partial charge in [-0.3, -0.25) is 0 Å². The fourth-order valence-corrected chi connectivity index (χ4v) is 2.99. The molecule has 4 nitrogen and oxygen atoms in total. The van der Waals surface area contributed by atoms with Gasteiger partial charge < -0.3 is 10.2 Å². The Kier molecular flexibility index (Phi) is 3.36. The van der Waals surface area contributed by atoms with Crippen LogP contribution in [0.25, 0.3) is 10.9 Å². The third-order valence-electron chi connectivity index (χ3n) is 3.30. The highest BCUT2D eigenvalue weighted by molar-refractivity contribution is 9.10. The molecule has 1 aliphatic heterocycles. The van der Waals surface area contributed by atoms with Crippen molar-refractivity contribution in [3.8, 4) is 0 Å². The summed E-state index contributed by atoms with van der Waals surface area (Å²) in [6, 6.07) is 3.33. The van der Waals surface area contributed by atoms with Crippen molar-refractivity contribution in [2.24, 2.45) is 0 Å². The molecule has 3 rings (SSSR count). The van der Waals surface area contributed by atoms with E-state index in [2.05, 4.69) is 43.0 Å². The lowest BCUT2D eigenvalue weighted by molar-refractivity contribution is 0.483. The molecule has 2 aromatic rings. The second-order valence-electron chi connectivity index (χ2n) is 4.78. The fourth-order valence-electron chi connectivity index (χ4n) is 2.46. The molecule has 1 aromatic heterocycles. The van der Waals surface area contributed by atoms with Crippen LogP contribution in [-0.2, 0) is 0 Å². The zero-order valence-corrected chi connectivity index (χ0v) is 12.1. The number of fused-ring (bicyclic) bond motifs is 1. The van der Waals surface area contributed by atoms with Crippen LogP contribution in [0.2, 0.25) is 0 Å². The van der Waals surface area contributed by atoms with Gasteiger partial charge in [-0.2, -0.15) is 0 Å². The van der Waals surface area contributed by atoms with Gasteiger partial charge in [0.25, 0.3) is 0 Å². The van der Waals surface area contributed by atoms with Gasteiger partial charge in [-0.1, -0.05) is 0 Å². The predicted octanol–water partition coefficient (Wildman–Crippen LogP) is 2.33. The number of nitrogens with one attached hydrogen (secondary N) is 1. The summed E-state index contributed by atoms with van der Waals surface area (Å²) in [5.41, 5.74) is 0.748. The van der Waals surface area contributed by atoms with Gasteiger partial charge in [-0.15, -0.1) is 0 Å². The normalized spacial score (nSPS) is 19.9. The van der Waals surface area contributed by atoms with Crippen molar-refractivity contribution < 1.29 is 4.39 Å². The van der Waals surface area contributed by atoms with Crippen LogP contribution in [0, 0.1) is 5.82 Å². The summed E-state index contributed by atoms with van der Waals surface area (Å²) in [5.74, 6) is 0.525. The number of hydrogen-bond donors (Lipinski definition) is 1. The quantitative estimate of drug-likeness (QED) is 0.874. The molecule has 0 amide bonds. The Balaban J connectivity index is 2.13. The lowest BCUT2D eigenvalue weighted by Gasteiger charge is -2.33. The van der Waals surface area contributed by atoms with Crippen molar-refractivity contribution in [1.82, 2.24) is 15.3 Å². The smallest absolute Gasteiger partial charge is 0.140 e. The van der Waals surface area contributed by atoms with E-state index in [1.807, 2.05) is 0 Å². The summed E-state index contributed by atoms with van der Waals surface area (Å²) in [4.78, 5) is 10.8. The third-order valence-corrected chi connectivity index (χ3v) is 3.91. The molecule has 0 spiro atoms. The first-order valence-corrected chi connectivity index (χ1v) is 7.02. The standard InChI is InChI=1S/C13H14BrFN4/c1-8-6-19(3-2-16-8)13-10-4-9(15)5-11(14)12(10)17-7-18-13/h4-5,7-8,16H,2-3,6H2,1H3/t8-/m0/s1. The molecule has 6 heteroatoms. The monoisotopic (exact) mass is 324 g/mol. The number of aromatic nitrogens is 2. The first kappa shape index (κ1) is 12.7. The SMILES string of the molecule is C[C@H]1CN(c2ncnc3c(Br)cc(F)cc23)CCN1. The maximum absolute atomic E-state index is 13.6. The summed E-state index contributed by atoms with van der Waals surface area (Å²) in [7, 11) is 0. The second-order valence-corrected chi connectivity index (χ2v) is 5.64. The Morgan fingerprint density at radius 1 is 1.42 bits per heavy atom. The first-order chi connectivity index (χ1) is 9.15. The average Bonchev–Trinajstić information content (AvgIpc) is 2.38. The minimum atomic E-state index is -0.279. The van der Waals surface area contributed by atoms with Gasteiger partial charge in [-0.25, -0.2) is 14.4 Å². The maximum Gasteiger partial charge on any atom is 0.140 e. The van der Waals surface area contributed by atoms with Gasteiger partial charge in [0.15, 0.2) is 0 Å². The molecule has 1 aromatic carbocycles. The molecule has 0 unspecified atom stereocenters. The molecule has 100 valence electrons. The predicted molar refractivity (Wildman–Crippen MR) is 76.9 cm³/mol. The minimum absolute atomic E-state index is 0.279. The van der Waals surface area contributed by atoms with Crippen molar-refractivity contribution in [3.05, 3.63) is 28.7 Å². The molecule has 0 saturated carbocycles. The number of piperazine rings is 1. The number of halogens is 2. The number of benzene rings is 1. The molecule has 1 saturated heterocycles. The van der Waals surface area contributed by atoms with E-state index in [4.69, 9.17) is 0 Å². The fraction of sp³-hybridized carbons (Fsp3) is 0.385. The number of anilines is 1. The van der Waals surface area contributed by atoms with Crippen LogP contribution in [0.5, 0.6) is 0 Å². The highest BCUT2D eigenvalue weighted by atomic mass is 79.9. The van der Waals surface area contributed by atoms with E-state index in [9.17, 15) is 4.39 Å². The van der Waals surface area contributed by atoms with E-state index in [1.54, 1.807) is 0 Å². The van der Waals surface area contributed by atoms with Gasteiger partial charge in [0.2, 0.25) is 0 Å². The highest BCUT2D eigenvalue weighted by Gasteiger charge is 2.20. The van der Waals surface area contributed by atoms with E-state index in [0.29, 0.717) is 10.5 Å². The molecule has 19 heavy (non-hydrogen) atoms. The summed E-state index contributed by atoms with van der Waals surface area (Å²) in [5, 5.41) is 4.14. The third kappa shape index (κ3) is 2.42. The molecule has 1 N–H and O–H groups in total. The lowest BCUT2D eigenvalue weighted by atomic mass is 10.2. The van der Waals surface area contributed by atoms with Crippen molar-refractivity contribution in [2.45, 2.75) is 13.0 Å². The number of hydrogen-bond acceptors (Lipinski definition) is 4. The van der Waals surface area contributed by atoms with Crippen LogP contribution in [0.15, 0.2) is 22.9 Å². The van der Waals surface area contributed by atoms with Gasteiger partial charge >= 0.3 is 0 Å². The van der Waals surface area contributed by atoms with Gasteiger partial charge in [-0.05, 0) is 35.0 Å². The van der Waals surface area contributed by atoms with E-state index in [0.717, 1.165) is 36.4 Å². The second kappa shape index (κ2) is 5.02. The largest absolute Gasteiger partial charge is 0.353 e. The Bertz CT molecular complexity index is 619. The molecular weight excluding hydrogens is 311 g/mol. The lowest BCUT2D eigenvalue weighted by Crippen LogP contribution is -2.49. The number of nitrogens with zero attached hydrogens (tertiary/aromatic N) is 3. The minimum Gasteiger partial charge on any atom is -0.353 e. The Morgan fingerprint density at radius 2 is 2.26 bits per heavy atom. The molecule has 0 radical (unpaired) electrons. The van der Waals surface area contributed by atoms with Crippen LogP contribution in [0.1, 0.15) is 6.92 Å². The summed E-state index contributed by atoms with van der Waals surface area (Å²) in [6.07, 6.45) is 1.53. The molecule has 2 heterocycles. The van der Waals surface area contributed by atoms with Gasteiger partial charge in [0.1, 0.15) is 18.0 Å². The van der Waals surface area contributed by atoms with Crippen LogP contribution in [0.3, 0.4) is 0 Å². The van der Waals surface area contributed by atoms with Gasteiger partial charge in [0.05, 0.1) is 5.52 Å². The Labute approximate surface area is 119 Å². The summed E-state index contributed by atoms with van der Waals surface area (Å²) in [6.45, 7) is 4.76. The van der Waals surface area contributed by atoms with Crippen molar-refractivity contribution >= 4 is 32.7 Å². The Morgan fingerprint density at radius 3 is 3.05 bits per heavy atom. The molecule has 1 fully saturated rings. The topological polar surface area (TPSA) is 41.1 Å². The van der Waals surface area contributed by atoms with Crippen molar-refractivity contribution in [1.29, 1.82) is 0 Å². The molecule has 0 bridgehead atoms. The highest BCUT2D eigenvalue weighted by Crippen LogP contribution is 2.29. The molecule has 0 aliphatic carbocycles.